The van der Waals surface area contributed by atoms with Crippen molar-refractivity contribution in [2.45, 2.75) is 38.5 Å². The van der Waals surface area contributed by atoms with Crippen LogP contribution < -0.4 is 4.74 Å². The molecule has 2 aliphatic heterocycles. The third-order valence-electron chi connectivity index (χ3n) is 7.15. The summed E-state index contributed by atoms with van der Waals surface area (Å²) < 4.78 is 6.18. The van der Waals surface area contributed by atoms with Crippen LogP contribution in [0.3, 0.4) is 0 Å². The van der Waals surface area contributed by atoms with Gasteiger partial charge in [-0.05, 0) is 56.5 Å². The number of carbonyl (C=O) groups excluding carboxylic acids is 2. The molecule has 35 heavy (non-hydrogen) atoms. The number of hydrogen-bond donors (Lipinski definition) is 1. The summed E-state index contributed by atoms with van der Waals surface area (Å²) in [6.45, 7) is 4.92. The molecule has 0 aliphatic carbocycles. The number of piperazine rings is 1. The van der Waals surface area contributed by atoms with Crippen LogP contribution in [-0.2, 0) is 16.0 Å². The molecule has 1 atom stereocenters. The summed E-state index contributed by atoms with van der Waals surface area (Å²) in [5, 5.41) is 7.40. The highest BCUT2D eigenvalue weighted by atomic mass is 35.5. The number of amides is 2. The topological polar surface area (TPSA) is 81.8 Å². The number of benzene rings is 1. The van der Waals surface area contributed by atoms with Crippen LogP contribution >= 0.6 is 11.6 Å². The Kier molecular flexibility index (Phi) is 8.68. The van der Waals surface area contributed by atoms with Gasteiger partial charge in [-0.15, -0.1) is 0 Å². The van der Waals surface area contributed by atoms with Gasteiger partial charge in [0.05, 0.1) is 12.8 Å². The van der Waals surface area contributed by atoms with Crippen LogP contribution in [-0.4, -0.2) is 89.6 Å². The predicted molar refractivity (Wildman–Crippen MR) is 135 cm³/mol. The summed E-state index contributed by atoms with van der Waals surface area (Å²) in [5.74, 6) is 0.988. The van der Waals surface area contributed by atoms with Crippen molar-refractivity contribution in [3.05, 3.63) is 47.2 Å². The van der Waals surface area contributed by atoms with Crippen molar-refractivity contribution in [1.29, 1.82) is 0 Å². The summed E-state index contributed by atoms with van der Waals surface area (Å²) in [6.07, 6.45) is 7.86. The quantitative estimate of drug-likeness (QED) is 0.570. The maximum atomic E-state index is 13.3. The third kappa shape index (κ3) is 7.21. The Morgan fingerprint density at radius 3 is 2.71 bits per heavy atom. The van der Waals surface area contributed by atoms with Crippen LogP contribution in [0.25, 0.3) is 0 Å². The lowest BCUT2D eigenvalue weighted by Crippen LogP contribution is -2.53. The molecule has 1 aromatic heterocycles. The first-order valence-corrected chi connectivity index (χ1v) is 12.9. The van der Waals surface area contributed by atoms with Gasteiger partial charge < -0.3 is 19.4 Å². The van der Waals surface area contributed by atoms with E-state index in [0.717, 1.165) is 64.0 Å². The van der Waals surface area contributed by atoms with Gasteiger partial charge in [-0.3, -0.25) is 14.7 Å². The van der Waals surface area contributed by atoms with Gasteiger partial charge in [-0.1, -0.05) is 17.7 Å². The normalized spacial score (nSPS) is 21.2. The van der Waals surface area contributed by atoms with Crippen molar-refractivity contribution >= 4 is 23.4 Å². The second-order valence-corrected chi connectivity index (χ2v) is 10.4. The summed E-state index contributed by atoms with van der Waals surface area (Å²) in [7, 11) is 2.08. The highest BCUT2D eigenvalue weighted by molar-refractivity contribution is 6.30. The summed E-state index contributed by atoms with van der Waals surface area (Å²) in [4.78, 5) is 32.6. The minimum Gasteiger partial charge on any atom is -0.493 e. The number of likely N-dealkylation sites (tertiary alicyclic amines) is 1. The number of aryl methyl sites for hydroxylation is 1. The van der Waals surface area contributed by atoms with Crippen LogP contribution in [0.1, 0.15) is 37.7 Å². The average molecular weight is 502 g/mol. The van der Waals surface area contributed by atoms with E-state index in [4.69, 9.17) is 16.3 Å². The standard InChI is InChI=1S/C26H36ClN5O3/c1-30-11-13-31(14-12-30)25(34)16-26(20-35-23-7-3-6-22(27)15-23)9-4-10-32(19-26)24(33)8-2-5-21-17-28-29-18-21/h3,6-7,15,17-18H,2,4-5,8-14,16,19-20H2,1H3,(H,28,29)/t26-/m0/s1. The SMILES string of the molecule is CN1CCN(C(=O)C[C@@]2(COc3cccc(Cl)c3)CCCN(C(=O)CCCc3cn[nH]c3)C2)CC1. The molecule has 0 spiro atoms. The van der Waals surface area contributed by atoms with Crippen molar-refractivity contribution in [3.8, 4) is 5.75 Å². The van der Waals surface area contributed by atoms with E-state index in [1.807, 2.05) is 34.2 Å². The Morgan fingerprint density at radius 2 is 1.97 bits per heavy atom. The first kappa shape index (κ1) is 25.5. The minimum absolute atomic E-state index is 0.146. The summed E-state index contributed by atoms with van der Waals surface area (Å²) in [5.41, 5.74) is 0.694. The molecule has 1 aromatic carbocycles. The van der Waals surface area contributed by atoms with Gasteiger partial charge in [0.2, 0.25) is 11.8 Å². The molecule has 0 radical (unpaired) electrons. The number of H-pyrrole nitrogens is 1. The molecule has 2 fully saturated rings. The van der Waals surface area contributed by atoms with Crippen LogP contribution in [0, 0.1) is 5.41 Å². The molecule has 2 aliphatic rings. The van der Waals surface area contributed by atoms with Gasteiger partial charge in [0.15, 0.2) is 0 Å². The van der Waals surface area contributed by atoms with Crippen molar-refractivity contribution < 1.29 is 14.3 Å². The Balaban J connectivity index is 1.41. The lowest BCUT2D eigenvalue weighted by Gasteiger charge is -2.43. The molecule has 2 amide bonds. The maximum absolute atomic E-state index is 13.3. The lowest BCUT2D eigenvalue weighted by atomic mass is 9.77. The molecule has 2 aromatic rings. The van der Waals surface area contributed by atoms with Crippen molar-refractivity contribution in [3.63, 3.8) is 0 Å². The number of nitrogens with one attached hydrogen (secondary N) is 1. The van der Waals surface area contributed by atoms with E-state index in [2.05, 4.69) is 22.1 Å². The number of aromatic amines is 1. The number of carbonyl (C=O) groups is 2. The zero-order valence-corrected chi connectivity index (χ0v) is 21.3. The average Bonchev–Trinajstić information content (AvgIpc) is 3.37. The van der Waals surface area contributed by atoms with Crippen LogP contribution in [0.2, 0.25) is 5.02 Å². The molecule has 190 valence electrons. The summed E-state index contributed by atoms with van der Waals surface area (Å²) >= 11 is 6.15. The Hall–Kier alpha value is -2.58. The molecule has 0 bridgehead atoms. The number of hydrogen-bond acceptors (Lipinski definition) is 5. The molecule has 4 rings (SSSR count). The van der Waals surface area contributed by atoms with E-state index < -0.39 is 5.41 Å². The minimum atomic E-state index is -0.415. The Labute approximate surface area is 212 Å². The Morgan fingerprint density at radius 1 is 1.14 bits per heavy atom. The van der Waals surface area contributed by atoms with Crippen LogP contribution in [0.15, 0.2) is 36.7 Å². The van der Waals surface area contributed by atoms with E-state index in [1.165, 1.54) is 0 Å². The van der Waals surface area contributed by atoms with E-state index in [9.17, 15) is 9.59 Å². The summed E-state index contributed by atoms with van der Waals surface area (Å²) in [6, 6.07) is 7.34. The van der Waals surface area contributed by atoms with Gasteiger partial charge in [-0.2, -0.15) is 5.10 Å². The van der Waals surface area contributed by atoms with Crippen molar-refractivity contribution in [2.24, 2.45) is 5.41 Å². The number of halogens is 1. The zero-order chi connectivity index (χ0) is 24.7. The Bertz CT molecular complexity index is 977. The molecule has 1 N–H and O–H groups in total. The fraction of sp³-hybridized carbons (Fsp3) is 0.577. The molecule has 9 heteroatoms. The van der Waals surface area contributed by atoms with E-state index in [1.54, 1.807) is 12.3 Å². The fourth-order valence-corrected chi connectivity index (χ4v) is 5.21. The molecule has 2 saturated heterocycles. The molecule has 3 heterocycles. The van der Waals surface area contributed by atoms with Gasteiger partial charge >= 0.3 is 0 Å². The second kappa shape index (κ2) is 11.9. The number of aromatic nitrogens is 2. The van der Waals surface area contributed by atoms with Crippen molar-refractivity contribution in [1.82, 2.24) is 24.9 Å². The molecule has 8 nitrogen and oxygen atoms in total. The van der Waals surface area contributed by atoms with E-state index in [-0.39, 0.29) is 11.8 Å². The van der Waals surface area contributed by atoms with Gasteiger partial charge in [0, 0.05) is 68.7 Å². The molecular weight excluding hydrogens is 466 g/mol. The number of rotatable bonds is 9. The largest absolute Gasteiger partial charge is 0.493 e. The molecular formula is C26H36ClN5O3. The number of ether oxygens (including phenoxy) is 1. The first-order chi connectivity index (χ1) is 16.9. The maximum Gasteiger partial charge on any atom is 0.223 e. The monoisotopic (exact) mass is 501 g/mol. The lowest BCUT2D eigenvalue weighted by molar-refractivity contribution is -0.142. The van der Waals surface area contributed by atoms with Gasteiger partial charge in [-0.25, -0.2) is 0 Å². The van der Waals surface area contributed by atoms with Crippen LogP contribution in [0.4, 0.5) is 0 Å². The second-order valence-electron chi connectivity index (χ2n) is 9.99. The fourth-order valence-electron chi connectivity index (χ4n) is 5.03. The van der Waals surface area contributed by atoms with Crippen molar-refractivity contribution in [2.75, 3.05) is 52.9 Å². The first-order valence-electron chi connectivity index (χ1n) is 12.5. The predicted octanol–water partition coefficient (Wildman–Crippen LogP) is 3.24. The smallest absolute Gasteiger partial charge is 0.223 e. The number of piperidine rings is 1. The number of likely N-dealkylation sites (N-methyl/N-ethyl adjacent to an activating group) is 1. The van der Waals surface area contributed by atoms with E-state index >= 15 is 0 Å². The molecule has 0 unspecified atom stereocenters. The third-order valence-corrected chi connectivity index (χ3v) is 7.38. The number of nitrogens with zero attached hydrogens (tertiary/aromatic N) is 4. The van der Waals surface area contributed by atoms with Gasteiger partial charge in [0.1, 0.15) is 5.75 Å². The highest BCUT2D eigenvalue weighted by Crippen LogP contribution is 2.36. The highest BCUT2D eigenvalue weighted by Gasteiger charge is 2.41. The van der Waals surface area contributed by atoms with E-state index in [0.29, 0.717) is 36.8 Å². The van der Waals surface area contributed by atoms with Gasteiger partial charge in [0.25, 0.3) is 0 Å². The molecule has 0 saturated carbocycles. The zero-order valence-electron chi connectivity index (χ0n) is 20.5. The van der Waals surface area contributed by atoms with Crippen LogP contribution in [0.5, 0.6) is 5.75 Å².